The van der Waals surface area contributed by atoms with E-state index in [0.29, 0.717) is 6.10 Å². The van der Waals surface area contributed by atoms with E-state index in [1.165, 1.54) is 11.3 Å². The van der Waals surface area contributed by atoms with Crippen LogP contribution in [0.3, 0.4) is 0 Å². The Labute approximate surface area is 130 Å². The van der Waals surface area contributed by atoms with Crippen molar-refractivity contribution in [2.24, 2.45) is 0 Å². The van der Waals surface area contributed by atoms with Crippen LogP contribution < -0.4 is 10.2 Å². The van der Waals surface area contributed by atoms with E-state index >= 15 is 0 Å². The molecule has 1 heterocycles. The van der Waals surface area contributed by atoms with Gasteiger partial charge in [0.2, 0.25) is 0 Å². The van der Waals surface area contributed by atoms with Gasteiger partial charge >= 0.3 is 0 Å². The number of hydrogen-bond donors (Lipinski definition) is 1. The lowest BCUT2D eigenvalue weighted by Gasteiger charge is -2.34. The molecule has 0 radical (unpaired) electrons. The molecule has 4 heteroatoms. The number of piperidine rings is 1. The average molecular weight is 341 g/mol. The Kier molecular flexibility index (Phi) is 6.33. The molecule has 2 rings (SSSR count). The number of rotatable bonds is 6. The van der Waals surface area contributed by atoms with Gasteiger partial charge in [0.05, 0.1) is 6.10 Å². The van der Waals surface area contributed by atoms with E-state index in [0.717, 1.165) is 50.1 Å². The minimum absolute atomic E-state index is 0.448. The second-order valence-electron chi connectivity index (χ2n) is 5.20. The second kappa shape index (κ2) is 8.01. The monoisotopic (exact) mass is 340 g/mol. The molecule has 3 nitrogen and oxygen atoms in total. The highest BCUT2D eigenvalue weighted by Gasteiger charge is 2.21. The first kappa shape index (κ1) is 15.8. The summed E-state index contributed by atoms with van der Waals surface area (Å²) in [6.07, 6.45) is 2.71. The van der Waals surface area contributed by atoms with Crippen molar-refractivity contribution in [3.8, 4) is 0 Å². The van der Waals surface area contributed by atoms with Crippen molar-refractivity contribution in [2.75, 3.05) is 31.1 Å². The van der Waals surface area contributed by atoms with Crippen LogP contribution in [-0.2, 0) is 11.3 Å². The molecule has 0 saturated carbocycles. The van der Waals surface area contributed by atoms with Crippen molar-refractivity contribution in [2.45, 2.75) is 39.3 Å². The predicted molar refractivity (Wildman–Crippen MR) is 88.4 cm³/mol. The Morgan fingerprint density at radius 1 is 1.30 bits per heavy atom. The molecule has 1 fully saturated rings. The molecule has 112 valence electrons. The molecule has 0 unspecified atom stereocenters. The number of hydrogen-bond acceptors (Lipinski definition) is 3. The Hall–Kier alpha value is -0.580. The molecule has 1 aromatic carbocycles. The number of benzene rings is 1. The molecule has 0 amide bonds. The lowest BCUT2D eigenvalue weighted by molar-refractivity contribution is 0.0459. The van der Waals surface area contributed by atoms with Gasteiger partial charge in [0, 0.05) is 36.4 Å². The summed E-state index contributed by atoms with van der Waals surface area (Å²) >= 11 is 3.58. The van der Waals surface area contributed by atoms with Crippen LogP contribution >= 0.6 is 15.9 Å². The van der Waals surface area contributed by atoms with Crippen molar-refractivity contribution in [1.29, 1.82) is 0 Å². The molecule has 0 spiro atoms. The second-order valence-corrected chi connectivity index (χ2v) is 6.11. The number of halogens is 1. The normalized spacial score (nSPS) is 16.6. The Bertz CT molecular complexity index is 417. The summed E-state index contributed by atoms with van der Waals surface area (Å²) in [4.78, 5) is 2.49. The Morgan fingerprint density at radius 3 is 2.70 bits per heavy atom. The van der Waals surface area contributed by atoms with Gasteiger partial charge in [-0.25, -0.2) is 0 Å². The van der Waals surface area contributed by atoms with E-state index in [1.807, 2.05) is 0 Å². The third-order valence-corrected chi connectivity index (χ3v) is 4.29. The van der Waals surface area contributed by atoms with Gasteiger partial charge in [0.15, 0.2) is 0 Å². The Balaban J connectivity index is 2.04. The topological polar surface area (TPSA) is 24.5 Å². The summed E-state index contributed by atoms with van der Waals surface area (Å²) in [6.45, 7) is 9.15. The van der Waals surface area contributed by atoms with Crippen molar-refractivity contribution >= 4 is 21.6 Å². The molecule has 1 aliphatic rings. The maximum absolute atomic E-state index is 5.73. The van der Waals surface area contributed by atoms with Crippen LogP contribution in [0.15, 0.2) is 22.7 Å². The van der Waals surface area contributed by atoms with E-state index in [2.05, 4.69) is 58.2 Å². The first-order chi connectivity index (χ1) is 9.74. The average Bonchev–Trinajstić information content (AvgIpc) is 2.47. The third-order valence-electron chi connectivity index (χ3n) is 3.79. The van der Waals surface area contributed by atoms with Gasteiger partial charge in [0.1, 0.15) is 0 Å². The molecule has 0 atom stereocenters. The van der Waals surface area contributed by atoms with Crippen LogP contribution in [0.4, 0.5) is 5.69 Å². The van der Waals surface area contributed by atoms with Gasteiger partial charge in [-0.1, -0.05) is 22.9 Å². The van der Waals surface area contributed by atoms with E-state index in [4.69, 9.17) is 4.74 Å². The van der Waals surface area contributed by atoms with Crippen LogP contribution in [0.25, 0.3) is 0 Å². The van der Waals surface area contributed by atoms with Gasteiger partial charge in [-0.05, 0) is 50.1 Å². The lowest BCUT2D eigenvalue weighted by atomic mass is 10.0. The summed E-state index contributed by atoms with van der Waals surface area (Å²) in [5.41, 5.74) is 2.74. The molecule has 0 aliphatic carbocycles. The van der Waals surface area contributed by atoms with Crippen molar-refractivity contribution in [3.63, 3.8) is 0 Å². The molecule has 1 aliphatic heterocycles. The summed E-state index contributed by atoms with van der Waals surface area (Å²) in [5, 5.41) is 3.43. The molecule has 20 heavy (non-hydrogen) atoms. The van der Waals surface area contributed by atoms with Gasteiger partial charge in [0.25, 0.3) is 0 Å². The highest BCUT2D eigenvalue weighted by molar-refractivity contribution is 9.10. The van der Waals surface area contributed by atoms with Crippen LogP contribution in [0.1, 0.15) is 32.3 Å². The van der Waals surface area contributed by atoms with Gasteiger partial charge in [-0.2, -0.15) is 0 Å². The molecule has 1 N–H and O–H groups in total. The number of nitrogens with zero attached hydrogens (tertiary/aromatic N) is 1. The highest BCUT2D eigenvalue weighted by atomic mass is 79.9. The highest BCUT2D eigenvalue weighted by Crippen LogP contribution is 2.27. The maximum Gasteiger partial charge on any atom is 0.0608 e. The zero-order chi connectivity index (χ0) is 14.4. The van der Waals surface area contributed by atoms with Crippen molar-refractivity contribution in [3.05, 3.63) is 28.2 Å². The summed E-state index contributed by atoms with van der Waals surface area (Å²) in [6, 6.07) is 6.60. The fraction of sp³-hybridized carbons (Fsp3) is 0.625. The van der Waals surface area contributed by atoms with E-state index in [1.54, 1.807) is 0 Å². The van der Waals surface area contributed by atoms with Gasteiger partial charge in [-0.3, -0.25) is 0 Å². The van der Waals surface area contributed by atoms with Crippen molar-refractivity contribution in [1.82, 2.24) is 5.32 Å². The first-order valence-electron chi connectivity index (χ1n) is 7.60. The number of nitrogens with one attached hydrogen (secondary N) is 1. The summed E-state index contributed by atoms with van der Waals surface area (Å²) in [7, 11) is 0. The molecule has 0 bridgehead atoms. The van der Waals surface area contributed by atoms with E-state index in [-0.39, 0.29) is 0 Å². The SMILES string of the molecule is CCNCc1cc(Br)ccc1N1CCC(OCC)CC1. The minimum Gasteiger partial charge on any atom is -0.378 e. The standard InChI is InChI=1S/C16H25BrN2O/c1-3-18-12-13-11-14(17)5-6-16(13)19-9-7-15(8-10-19)20-4-2/h5-6,11,15,18H,3-4,7-10,12H2,1-2H3. The smallest absolute Gasteiger partial charge is 0.0608 e. The zero-order valence-electron chi connectivity index (χ0n) is 12.5. The lowest BCUT2D eigenvalue weighted by Crippen LogP contribution is -2.37. The predicted octanol–water partition coefficient (Wildman–Crippen LogP) is 3.56. The zero-order valence-corrected chi connectivity index (χ0v) is 14.1. The molecule has 1 aromatic rings. The largest absolute Gasteiger partial charge is 0.378 e. The van der Waals surface area contributed by atoms with E-state index in [9.17, 15) is 0 Å². The minimum atomic E-state index is 0.448. The first-order valence-corrected chi connectivity index (χ1v) is 8.39. The molecule has 1 saturated heterocycles. The Morgan fingerprint density at radius 2 is 2.05 bits per heavy atom. The summed E-state index contributed by atoms with van der Waals surface area (Å²) in [5.74, 6) is 0. The maximum atomic E-state index is 5.73. The molecule has 0 aromatic heterocycles. The van der Waals surface area contributed by atoms with Crippen LogP contribution in [0.2, 0.25) is 0 Å². The van der Waals surface area contributed by atoms with Gasteiger partial charge in [-0.15, -0.1) is 0 Å². The summed E-state index contributed by atoms with van der Waals surface area (Å²) < 4.78 is 6.89. The number of ether oxygens (including phenoxy) is 1. The molecular formula is C16H25BrN2O. The van der Waals surface area contributed by atoms with E-state index < -0.39 is 0 Å². The molecular weight excluding hydrogens is 316 g/mol. The van der Waals surface area contributed by atoms with Gasteiger partial charge < -0.3 is 15.0 Å². The van der Waals surface area contributed by atoms with Crippen LogP contribution in [0, 0.1) is 0 Å². The fourth-order valence-corrected chi connectivity index (χ4v) is 3.17. The fourth-order valence-electron chi connectivity index (χ4n) is 2.76. The van der Waals surface area contributed by atoms with Crippen LogP contribution in [-0.4, -0.2) is 32.3 Å². The van der Waals surface area contributed by atoms with Crippen molar-refractivity contribution < 1.29 is 4.74 Å². The van der Waals surface area contributed by atoms with Crippen LogP contribution in [0.5, 0.6) is 0 Å². The third kappa shape index (κ3) is 4.21. The number of anilines is 1. The quantitative estimate of drug-likeness (QED) is 0.856.